The van der Waals surface area contributed by atoms with Gasteiger partial charge < -0.3 is 5.11 Å². The van der Waals surface area contributed by atoms with Crippen LogP contribution in [0.4, 0.5) is 0 Å². The van der Waals surface area contributed by atoms with E-state index in [1.54, 1.807) is 6.20 Å². The molecule has 1 saturated carbocycles. The number of aromatic nitrogens is 2. The van der Waals surface area contributed by atoms with Crippen LogP contribution in [0.5, 0.6) is 0 Å². The van der Waals surface area contributed by atoms with Crippen molar-refractivity contribution in [3.63, 3.8) is 0 Å². The van der Waals surface area contributed by atoms with E-state index in [1.165, 1.54) is 32.1 Å². The third kappa shape index (κ3) is 3.07. The molecule has 0 amide bonds. The van der Waals surface area contributed by atoms with E-state index in [4.69, 9.17) is 0 Å². The van der Waals surface area contributed by atoms with Crippen LogP contribution in [-0.4, -0.2) is 45.0 Å². The molecule has 4 atom stereocenters. The van der Waals surface area contributed by atoms with Crippen molar-refractivity contribution in [2.45, 2.75) is 57.7 Å². The summed E-state index contributed by atoms with van der Waals surface area (Å²) in [4.78, 5) is 2.55. The van der Waals surface area contributed by atoms with Gasteiger partial charge in [0.15, 0.2) is 0 Å². The Bertz CT molecular complexity index is 406. The zero-order valence-corrected chi connectivity index (χ0v) is 12.5. The second-order valence-electron chi connectivity index (χ2n) is 6.66. The summed E-state index contributed by atoms with van der Waals surface area (Å²) in [5.41, 5.74) is 0. The Labute approximate surface area is 121 Å². The van der Waals surface area contributed by atoms with Gasteiger partial charge in [0, 0.05) is 25.0 Å². The minimum atomic E-state index is -0.314. The molecule has 1 saturated heterocycles. The van der Waals surface area contributed by atoms with Gasteiger partial charge in [-0.3, -0.25) is 9.58 Å². The first-order valence-electron chi connectivity index (χ1n) is 8.13. The van der Waals surface area contributed by atoms with E-state index in [9.17, 15) is 5.11 Å². The van der Waals surface area contributed by atoms with Crippen molar-refractivity contribution in [1.82, 2.24) is 14.7 Å². The molecule has 2 heterocycles. The first kappa shape index (κ1) is 14.1. The first-order valence-corrected chi connectivity index (χ1v) is 8.13. The maximum Gasteiger partial charge on any atom is 0.0862 e. The topological polar surface area (TPSA) is 41.3 Å². The Morgan fingerprint density at radius 3 is 2.90 bits per heavy atom. The van der Waals surface area contributed by atoms with Gasteiger partial charge in [0.1, 0.15) is 0 Å². The van der Waals surface area contributed by atoms with E-state index in [-0.39, 0.29) is 6.10 Å². The second kappa shape index (κ2) is 6.27. The summed E-state index contributed by atoms with van der Waals surface area (Å²) in [5.74, 6) is 1.72. The van der Waals surface area contributed by atoms with Crippen molar-refractivity contribution >= 4 is 0 Å². The van der Waals surface area contributed by atoms with Gasteiger partial charge in [-0.1, -0.05) is 19.8 Å². The maximum atomic E-state index is 10.3. The quantitative estimate of drug-likeness (QED) is 0.917. The second-order valence-corrected chi connectivity index (χ2v) is 6.66. The molecule has 1 aliphatic heterocycles. The van der Waals surface area contributed by atoms with Gasteiger partial charge in [-0.2, -0.15) is 5.10 Å². The van der Waals surface area contributed by atoms with Crippen LogP contribution in [0, 0.1) is 11.8 Å². The van der Waals surface area contributed by atoms with Gasteiger partial charge in [0.05, 0.1) is 12.6 Å². The van der Waals surface area contributed by atoms with Crippen LogP contribution in [0.2, 0.25) is 0 Å². The van der Waals surface area contributed by atoms with Crippen LogP contribution in [0.15, 0.2) is 18.5 Å². The van der Waals surface area contributed by atoms with E-state index >= 15 is 0 Å². The minimum absolute atomic E-state index is 0.314. The standard InChI is InChI=1S/C16H27N3O/c1-13-7-10-18(16-6-3-2-5-15(13)16)11-14(20)12-19-9-4-8-17-19/h4,8-9,13-16,20H,2-3,5-7,10-12H2,1H3/t13-,14+,15-,16-/m1/s1. The lowest BCUT2D eigenvalue weighted by molar-refractivity contribution is -0.00726. The summed E-state index contributed by atoms with van der Waals surface area (Å²) in [6.45, 7) is 4.98. The number of hydrogen-bond acceptors (Lipinski definition) is 3. The number of likely N-dealkylation sites (tertiary alicyclic amines) is 1. The average molecular weight is 277 g/mol. The number of β-amino-alcohol motifs (C(OH)–C–C–N with tert-alkyl or cyclic N) is 1. The molecule has 0 unspecified atom stereocenters. The highest BCUT2D eigenvalue weighted by Gasteiger charge is 2.37. The minimum Gasteiger partial charge on any atom is -0.390 e. The van der Waals surface area contributed by atoms with Crippen LogP contribution in [0.1, 0.15) is 39.0 Å². The van der Waals surface area contributed by atoms with Gasteiger partial charge in [0.25, 0.3) is 0 Å². The molecule has 4 nitrogen and oxygen atoms in total. The number of nitrogens with zero attached hydrogens (tertiary/aromatic N) is 3. The van der Waals surface area contributed by atoms with Crippen molar-refractivity contribution in [3.8, 4) is 0 Å². The normalized spacial score (nSPS) is 32.8. The Hall–Kier alpha value is -0.870. The molecule has 1 aliphatic carbocycles. The SMILES string of the molecule is C[C@@H]1CCN(C[C@H](O)Cn2cccn2)[C@@H]2CCCC[C@H]12. The molecule has 1 N–H and O–H groups in total. The van der Waals surface area contributed by atoms with Crippen LogP contribution >= 0.6 is 0 Å². The number of piperidine rings is 1. The van der Waals surface area contributed by atoms with Gasteiger partial charge in [0.2, 0.25) is 0 Å². The Balaban J connectivity index is 1.58. The average Bonchev–Trinajstić information content (AvgIpc) is 2.95. The summed E-state index contributed by atoms with van der Waals surface area (Å²) >= 11 is 0. The zero-order valence-electron chi connectivity index (χ0n) is 12.5. The molecule has 3 rings (SSSR count). The van der Waals surface area contributed by atoms with Crippen molar-refractivity contribution < 1.29 is 5.11 Å². The Kier molecular flexibility index (Phi) is 4.41. The smallest absolute Gasteiger partial charge is 0.0862 e. The highest BCUT2D eigenvalue weighted by Crippen LogP contribution is 2.38. The van der Waals surface area contributed by atoms with Gasteiger partial charge in [-0.25, -0.2) is 0 Å². The predicted octanol–water partition coefficient (Wildman–Crippen LogP) is 2.14. The molecule has 0 spiro atoms. The molecule has 2 aliphatic rings. The van der Waals surface area contributed by atoms with E-state index < -0.39 is 0 Å². The van der Waals surface area contributed by atoms with Crippen LogP contribution in [0.3, 0.4) is 0 Å². The fourth-order valence-electron chi connectivity index (χ4n) is 4.19. The van der Waals surface area contributed by atoms with Crippen molar-refractivity contribution in [2.75, 3.05) is 13.1 Å². The van der Waals surface area contributed by atoms with Gasteiger partial charge >= 0.3 is 0 Å². The van der Waals surface area contributed by atoms with Crippen molar-refractivity contribution in [1.29, 1.82) is 0 Å². The highest BCUT2D eigenvalue weighted by atomic mass is 16.3. The van der Waals surface area contributed by atoms with Crippen molar-refractivity contribution in [3.05, 3.63) is 18.5 Å². The molecule has 20 heavy (non-hydrogen) atoms. The molecule has 0 aromatic carbocycles. The molecular weight excluding hydrogens is 250 g/mol. The summed E-state index contributed by atoms with van der Waals surface area (Å²) in [5, 5.41) is 14.5. The molecule has 112 valence electrons. The lowest BCUT2D eigenvalue weighted by atomic mass is 9.72. The third-order valence-corrected chi connectivity index (χ3v) is 5.26. The lowest BCUT2D eigenvalue weighted by Gasteiger charge is -2.47. The lowest BCUT2D eigenvalue weighted by Crippen LogP contribution is -2.52. The van der Waals surface area contributed by atoms with E-state index in [0.29, 0.717) is 12.6 Å². The van der Waals surface area contributed by atoms with E-state index in [2.05, 4.69) is 16.9 Å². The first-order chi connectivity index (χ1) is 9.74. The molecule has 2 fully saturated rings. The molecule has 0 radical (unpaired) electrons. The number of hydrogen-bond donors (Lipinski definition) is 1. The van der Waals surface area contributed by atoms with E-state index in [0.717, 1.165) is 24.9 Å². The third-order valence-electron chi connectivity index (χ3n) is 5.26. The fraction of sp³-hybridized carbons (Fsp3) is 0.812. The zero-order chi connectivity index (χ0) is 13.9. The molecule has 1 aromatic rings. The summed E-state index contributed by atoms with van der Waals surface area (Å²) < 4.78 is 1.83. The van der Waals surface area contributed by atoms with Gasteiger partial charge in [-0.05, 0) is 43.7 Å². The Morgan fingerprint density at radius 2 is 2.10 bits per heavy atom. The molecular formula is C16H27N3O. The fourth-order valence-corrected chi connectivity index (χ4v) is 4.19. The molecule has 1 aromatic heterocycles. The number of aliphatic hydroxyl groups is 1. The summed E-state index contributed by atoms with van der Waals surface area (Å²) in [6.07, 6.45) is 10.1. The largest absolute Gasteiger partial charge is 0.390 e. The number of fused-ring (bicyclic) bond motifs is 1. The van der Waals surface area contributed by atoms with Crippen molar-refractivity contribution in [2.24, 2.45) is 11.8 Å². The van der Waals surface area contributed by atoms with Gasteiger partial charge in [-0.15, -0.1) is 0 Å². The summed E-state index contributed by atoms with van der Waals surface area (Å²) in [7, 11) is 0. The van der Waals surface area contributed by atoms with Crippen LogP contribution in [-0.2, 0) is 6.54 Å². The van der Waals surface area contributed by atoms with Crippen LogP contribution in [0.25, 0.3) is 0 Å². The monoisotopic (exact) mass is 277 g/mol. The summed E-state index contributed by atoms with van der Waals surface area (Å²) in [6, 6.07) is 2.62. The van der Waals surface area contributed by atoms with E-state index in [1.807, 2.05) is 16.9 Å². The molecule has 4 heteroatoms. The predicted molar refractivity (Wildman–Crippen MR) is 79.3 cm³/mol. The highest BCUT2D eigenvalue weighted by molar-refractivity contribution is 4.91. The number of aliphatic hydroxyl groups excluding tert-OH is 1. The maximum absolute atomic E-state index is 10.3. The Morgan fingerprint density at radius 1 is 1.25 bits per heavy atom. The number of rotatable bonds is 4. The molecule has 0 bridgehead atoms. The van der Waals surface area contributed by atoms with Crippen LogP contribution < -0.4 is 0 Å².